The summed E-state index contributed by atoms with van der Waals surface area (Å²) in [6.45, 7) is 7.69. The molecule has 3 rings (SSSR count). The van der Waals surface area contributed by atoms with Crippen LogP contribution in [0.2, 0.25) is 0 Å². The quantitative estimate of drug-likeness (QED) is 0.544. The minimum atomic E-state index is 0.729. The predicted molar refractivity (Wildman–Crippen MR) is 87.7 cm³/mol. The number of rotatable bonds is 2. The van der Waals surface area contributed by atoms with Crippen molar-refractivity contribution in [2.45, 2.75) is 91.4 Å². The first kappa shape index (κ1) is 14.9. The van der Waals surface area contributed by atoms with Crippen LogP contribution in [0.25, 0.3) is 0 Å². The van der Waals surface area contributed by atoms with E-state index in [1.165, 1.54) is 38.5 Å². The van der Waals surface area contributed by atoms with Crippen LogP contribution in [0.5, 0.6) is 0 Å². The minimum absolute atomic E-state index is 0.729. The third-order valence-electron chi connectivity index (χ3n) is 7.83. The topological polar surface area (TPSA) is 0 Å². The maximum absolute atomic E-state index is 2.62. The lowest BCUT2D eigenvalue weighted by Gasteiger charge is -2.57. The van der Waals surface area contributed by atoms with Crippen LogP contribution in [0.1, 0.15) is 91.4 Å². The molecule has 0 aromatic rings. The van der Waals surface area contributed by atoms with Crippen molar-refractivity contribution >= 4 is 0 Å². The molecule has 3 aliphatic carbocycles. The lowest BCUT2D eigenvalue weighted by molar-refractivity contribution is -0.0746. The molecule has 116 valence electrons. The van der Waals surface area contributed by atoms with Crippen molar-refractivity contribution in [1.29, 1.82) is 0 Å². The molecule has 0 saturated heterocycles. The standard InChI is InChI=1S/C20H36/c1-4-20(12-8-5-9-13-20)19-16(3)15(2)14-17-10-6-7-11-18(17)19/h15-19H,4-14H2,1-3H3. The van der Waals surface area contributed by atoms with Gasteiger partial charge in [0.05, 0.1) is 0 Å². The van der Waals surface area contributed by atoms with Crippen LogP contribution in [-0.4, -0.2) is 0 Å². The van der Waals surface area contributed by atoms with Crippen molar-refractivity contribution in [3.63, 3.8) is 0 Å². The molecule has 0 aromatic carbocycles. The fourth-order valence-corrected chi connectivity index (χ4v) is 6.63. The van der Waals surface area contributed by atoms with Crippen molar-refractivity contribution in [2.75, 3.05) is 0 Å². The Labute approximate surface area is 127 Å². The van der Waals surface area contributed by atoms with Gasteiger partial charge in [-0.15, -0.1) is 0 Å². The molecule has 0 spiro atoms. The van der Waals surface area contributed by atoms with Crippen molar-refractivity contribution in [1.82, 2.24) is 0 Å². The Bertz CT molecular complexity index is 312. The molecule has 5 atom stereocenters. The van der Waals surface area contributed by atoms with Gasteiger partial charge in [-0.25, -0.2) is 0 Å². The predicted octanol–water partition coefficient (Wildman–Crippen LogP) is 6.45. The molecule has 0 bridgehead atoms. The van der Waals surface area contributed by atoms with Gasteiger partial charge in [-0.3, -0.25) is 0 Å². The first-order valence-electron chi connectivity index (χ1n) is 9.68. The first-order chi connectivity index (χ1) is 9.68. The molecule has 20 heavy (non-hydrogen) atoms. The second-order valence-corrected chi connectivity index (χ2v) is 8.58. The second-order valence-electron chi connectivity index (χ2n) is 8.58. The minimum Gasteiger partial charge on any atom is -0.0648 e. The molecule has 3 fully saturated rings. The van der Waals surface area contributed by atoms with Gasteiger partial charge in [0.15, 0.2) is 0 Å². The van der Waals surface area contributed by atoms with E-state index in [-0.39, 0.29) is 0 Å². The Morgan fingerprint density at radius 1 is 0.900 bits per heavy atom. The SMILES string of the molecule is CCC1(C2C(C)C(C)CC3CCCCC32)CCCCC1. The van der Waals surface area contributed by atoms with E-state index < -0.39 is 0 Å². The zero-order chi connectivity index (χ0) is 14.2. The smallest absolute Gasteiger partial charge is 0.0266 e. The van der Waals surface area contributed by atoms with Crippen molar-refractivity contribution in [3.8, 4) is 0 Å². The van der Waals surface area contributed by atoms with E-state index >= 15 is 0 Å². The summed E-state index contributed by atoms with van der Waals surface area (Å²) >= 11 is 0. The van der Waals surface area contributed by atoms with Crippen LogP contribution in [0, 0.1) is 35.0 Å². The van der Waals surface area contributed by atoms with E-state index in [2.05, 4.69) is 20.8 Å². The van der Waals surface area contributed by atoms with E-state index in [4.69, 9.17) is 0 Å². The maximum Gasteiger partial charge on any atom is -0.0266 e. The molecule has 3 saturated carbocycles. The van der Waals surface area contributed by atoms with Crippen LogP contribution in [0.3, 0.4) is 0 Å². The molecule has 0 radical (unpaired) electrons. The van der Waals surface area contributed by atoms with Gasteiger partial charge in [0.25, 0.3) is 0 Å². The summed E-state index contributed by atoms with van der Waals surface area (Å²) in [4.78, 5) is 0. The van der Waals surface area contributed by atoms with Crippen LogP contribution in [0.15, 0.2) is 0 Å². The van der Waals surface area contributed by atoms with E-state index in [1.807, 2.05) is 0 Å². The Morgan fingerprint density at radius 3 is 2.30 bits per heavy atom. The van der Waals surface area contributed by atoms with E-state index in [0.717, 1.165) is 35.0 Å². The lowest BCUT2D eigenvalue weighted by Crippen LogP contribution is -2.49. The highest BCUT2D eigenvalue weighted by molar-refractivity contribution is 5.00. The molecule has 3 aliphatic rings. The van der Waals surface area contributed by atoms with Crippen LogP contribution < -0.4 is 0 Å². The Kier molecular flexibility index (Phi) is 4.48. The highest BCUT2D eigenvalue weighted by atomic mass is 14.6. The lowest BCUT2D eigenvalue weighted by atomic mass is 9.48. The maximum atomic E-state index is 2.62. The molecule has 0 heterocycles. The third-order valence-corrected chi connectivity index (χ3v) is 7.83. The molecular formula is C20H36. The van der Waals surface area contributed by atoms with Crippen LogP contribution >= 0.6 is 0 Å². The summed E-state index contributed by atoms with van der Waals surface area (Å²) in [6, 6.07) is 0. The average molecular weight is 277 g/mol. The number of fused-ring (bicyclic) bond motifs is 1. The Hall–Kier alpha value is 0. The van der Waals surface area contributed by atoms with Crippen molar-refractivity contribution < 1.29 is 0 Å². The molecule has 0 aliphatic heterocycles. The summed E-state index contributed by atoms with van der Waals surface area (Å²) in [6.07, 6.45) is 16.8. The Balaban J connectivity index is 1.89. The van der Waals surface area contributed by atoms with E-state index in [9.17, 15) is 0 Å². The van der Waals surface area contributed by atoms with Crippen LogP contribution in [0.4, 0.5) is 0 Å². The molecule has 0 nitrogen and oxygen atoms in total. The van der Waals surface area contributed by atoms with Gasteiger partial charge in [-0.1, -0.05) is 65.7 Å². The van der Waals surface area contributed by atoms with Gasteiger partial charge < -0.3 is 0 Å². The molecular weight excluding hydrogens is 240 g/mol. The van der Waals surface area contributed by atoms with Gasteiger partial charge in [0.2, 0.25) is 0 Å². The molecule has 5 unspecified atom stereocenters. The fraction of sp³-hybridized carbons (Fsp3) is 1.00. The molecule has 0 N–H and O–H groups in total. The monoisotopic (exact) mass is 276 g/mol. The number of hydrogen-bond acceptors (Lipinski definition) is 0. The van der Waals surface area contributed by atoms with Gasteiger partial charge in [-0.05, 0) is 60.7 Å². The number of hydrogen-bond donors (Lipinski definition) is 0. The van der Waals surface area contributed by atoms with Crippen molar-refractivity contribution in [2.24, 2.45) is 35.0 Å². The van der Waals surface area contributed by atoms with Gasteiger partial charge in [0.1, 0.15) is 0 Å². The van der Waals surface area contributed by atoms with E-state index in [0.29, 0.717) is 0 Å². The molecule has 0 amide bonds. The summed E-state index contributed by atoms with van der Waals surface area (Å²) < 4.78 is 0. The van der Waals surface area contributed by atoms with Gasteiger partial charge in [0, 0.05) is 0 Å². The fourth-order valence-electron chi connectivity index (χ4n) is 6.63. The van der Waals surface area contributed by atoms with Crippen molar-refractivity contribution in [3.05, 3.63) is 0 Å². The summed E-state index contributed by atoms with van der Waals surface area (Å²) in [5.41, 5.74) is 0.729. The van der Waals surface area contributed by atoms with E-state index in [1.54, 1.807) is 32.1 Å². The van der Waals surface area contributed by atoms with Gasteiger partial charge >= 0.3 is 0 Å². The first-order valence-corrected chi connectivity index (χ1v) is 9.68. The zero-order valence-corrected chi connectivity index (χ0v) is 14.2. The highest BCUT2D eigenvalue weighted by Crippen LogP contribution is 2.59. The van der Waals surface area contributed by atoms with Crippen LogP contribution in [-0.2, 0) is 0 Å². The third kappa shape index (κ3) is 2.46. The normalized spacial score (nSPS) is 44.9. The largest absolute Gasteiger partial charge is 0.0648 e. The highest BCUT2D eigenvalue weighted by Gasteiger charge is 2.50. The molecule has 0 aromatic heterocycles. The Morgan fingerprint density at radius 2 is 1.60 bits per heavy atom. The van der Waals surface area contributed by atoms with Gasteiger partial charge in [-0.2, -0.15) is 0 Å². The second kappa shape index (κ2) is 6.01. The zero-order valence-electron chi connectivity index (χ0n) is 14.2. The average Bonchev–Trinajstić information content (AvgIpc) is 2.49. The summed E-state index contributed by atoms with van der Waals surface area (Å²) in [5.74, 6) is 5.19. The molecule has 0 heteroatoms. The summed E-state index contributed by atoms with van der Waals surface area (Å²) in [7, 11) is 0. The summed E-state index contributed by atoms with van der Waals surface area (Å²) in [5, 5.41) is 0.